The standard InChI is InChI=1S/C12H14ClNO2/c1-12(2)8-16-14(11(12)15)7-9-3-5-10(13)6-4-9/h3-6H,7-8H2,1-2H3. The van der Waals surface area contributed by atoms with E-state index < -0.39 is 5.41 Å². The predicted octanol–water partition coefficient (Wildman–Crippen LogP) is 2.64. The maximum atomic E-state index is 11.9. The monoisotopic (exact) mass is 239 g/mol. The summed E-state index contributed by atoms with van der Waals surface area (Å²) in [5, 5.41) is 2.11. The first kappa shape index (κ1) is 11.4. The molecule has 1 aromatic carbocycles. The van der Waals surface area contributed by atoms with E-state index in [1.54, 1.807) is 0 Å². The van der Waals surface area contributed by atoms with Crippen LogP contribution in [0.1, 0.15) is 19.4 Å². The summed E-state index contributed by atoms with van der Waals surface area (Å²) >= 11 is 5.79. The highest BCUT2D eigenvalue weighted by Gasteiger charge is 2.40. The maximum Gasteiger partial charge on any atom is 0.254 e. The van der Waals surface area contributed by atoms with Crippen molar-refractivity contribution in [3.05, 3.63) is 34.9 Å². The molecule has 0 saturated carbocycles. The van der Waals surface area contributed by atoms with Gasteiger partial charge in [0.25, 0.3) is 5.91 Å². The summed E-state index contributed by atoms with van der Waals surface area (Å²) in [4.78, 5) is 17.2. The fourth-order valence-corrected chi connectivity index (χ4v) is 1.70. The first-order valence-corrected chi connectivity index (χ1v) is 5.56. The lowest BCUT2D eigenvalue weighted by atomic mass is 9.95. The minimum Gasteiger partial charge on any atom is -0.272 e. The van der Waals surface area contributed by atoms with Gasteiger partial charge in [0.15, 0.2) is 0 Å². The molecule has 0 bridgehead atoms. The third kappa shape index (κ3) is 2.20. The van der Waals surface area contributed by atoms with Gasteiger partial charge in [0.1, 0.15) is 0 Å². The van der Waals surface area contributed by atoms with Crippen LogP contribution in [0.5, 0.6) is 0 Å². The van der Waals surface area contributed by atoms with Crippen LogP contribution in [0.15, 0.2) is 24.3 Å². The average Bonchev–Trinajstić information content (AvgIpc) is 2.49. The molecular weight excluding hydrogens is 226 g/mol. The molecule has 1 fully saturated rings. The topological polar surface area (TPSA) is 29.5 Å². The maximum absolute atomic E-state index is 11.9. The van der Waals surface area contributed by atoms with Crippen molar-refractivity contribution in [1.29, 1.82) is 0 Å². The Morgan fingerprint density at radius 1 is 1.38 bits per heavy atom. The van der Waals surface area contributed by atoms with Crippen LogP contribution in [-0.2, 0) is 16.2 Å². The molecule has 0 atom stereocenters. The van der Waals surface area contributed by atoms with Gasteiger partial charge in [-0.25, -0.2) is 5.06 Å². The molecule has 0 N–H and O–H groups in total. The van der Waals surface area contributed by atoms with Gasteiger partial charge >= 0.3 is 0 Å². The van der Waals surface area contributed by atoms with Gasteiger partial charge in [-0.15, -0.1) is 0 Å². The van der Waals surface area contributed by atoms with E-state index in [0.717, 1.165) is 5.56 Å². The number of carbonyl (C=O) groups is 1. The number of rotatable bonds is 2. The van der Waals surface area contributed by atoms with Crippen molar-refractivity contribution in [2.24, 2.45) is 5.41 Å². The first-order chi connectivity index (χ1) is 7.49. The number of benzene rings is 1. The molecule has 0 aromatic heterocycles. The summed E-state index contributed by atoms with van der Waals surface area (Å²) < 4.78 is 0. The fourth-order valence-electron chi connectivity index (χ4n) is 1.57. The molecule has 0 unspecified atom stereocenters. The number of hydrogen-bond donors (Lipinski definition) is 0. The highest BCUT2D eigenvalue weighted by atomic mass is 35.5. The summed E-state index contributed by atoms with van der Waals surface area (Å²) in [5.41, 5.74) is 0.599. The third-order valence-corrected chi connectivity index (χ3v) is 2.88. The number of hydrogen-bond acceptors (Lipinski definition) is 2. The van der Waals surface area contributed by atoms with E-state index in [1.165, 1.54) is 5.06 Å². The normalized spacial score (nSPS) is 19.2. The zero-order chi connectivity index (χ0) is 11.8. The van der Waals surface area contributed by atoms with Gasteiger partial charge in [-0.1, -0.05) is 23.7 Å². The molecule has 1 aromatic rings. The molecule has 0 spiro atoms. The summed E-state index contributed by atoms with van der Waals surface area (Å²) in [6, 6.07) is 7.40. The van der Waals surface area contributed by atoms with Crippen molar-refractivity contribution >= 4 is 17.5 Å². The highest BCUT2D eigenvalue weighted by Crippen LogP contribution is 2.28. The van der Waals surface area contributed by atoms with Crippen LogP contribution in [0, 0.1) is 5.41 Å². The lowest BCUT2D eigenvalue weighted by Gasteiger charge is -2.16. The smallest absolute Gasteiger partial charge is 0.254 e. The van der Waals surface area contributed by atoms with Crippen molar-refractivity contribution in [1.82, 2.24) is 5.06 Å². The van der Waals surface area contributed by atoms with E-state index in [2.05, 4.69) is 0 Å². The summed E-state index contributed by atoms with van der Waals surface area (Å²) in [7, 11) is 0. The SMILES string of the molecule is CC1(C)CON(Cc2ccc(Cl)cc2)C1=O. The van der Waals surface area contributed by atoms with Gasteiger partial charge in [0.2, 0.25) is 0 Å². The van der Waals surface area contributed by atoms with Crippen LogP contribution in [0.4, 0.5) is 0 Å². The second-order valence-electron chi connectivity index (χ2n) is 4.63. The summed E-state index contributed by atoms with van der Waals surface area (Å²) in [5.74, 6) is 0.0300. The van der Waals surface area contributed by atoms with Crippen molar-refractivity contribution in [2.45, 2.75) is 20.4 Å². The molecule has 2 rings (SSSR count). The quantitative estimate of drug-likeness (QED) is 0.794. The Balaban J connectivity index is 2.07. The average molecular weight is 240 g/mol. The Bertz CT molecular complexity index is 400. The second kappa shape index (κ2) is 4.07. The number of carbonyl (C=O) groups excluding carboxylic acids is 1. The van der Waals surface area contributed by atoms with E-state index in [9.17, 15) is 4.79 Å². The summed E-state index contributed by atoms with van der Waals surface area (Å²) in [6.07, 6.45) is 0. The Morgan fingerprint density at radius 3 is 2.50 bits per heavy atom. The van der Waals surface area contributed by atoms with E-state index in [-0.39, 0.29) is 5.91 Å². The van der Waals surface area contributed by atoms with Crippen LogP contribution < -0.4 is 0 Å². The minimum absolute atomic E-state index is 0.0300. The molecule has 0 radical (unpaired) electrons. The predicted molar refractivity (Wildman–Crippen MR) is 61.7 cm³/mol. The molecule has 3 nitrogen and oxygen atoms in total. The summed E-state index contributed by atoms with van der Waals surface area (Å²) in [6.45, 7) is 4.69. The van der Waals surface area contributed by atoms with Crippen molar-refractivity contribution in [3.63, 3.8) is 0 Å². The van der Waals surface area contributed by atoms with Gasteiger partial charge < -0.3 is 0 Å². The van der Waals surface area contributed by atoms with Crippen molar-refractivity contribution in [3.8, 4) is 0 Å². The first-order valence-electron chi connectivity index (χ1n) is 5.18. The molecule has 1 amide bonds. The van der Waals surface area contributed by atoms with Crippen LogP contribution in [0.25, 0.3) is 0 Å². The van der Waals surface area contributed by atoms with Gasteiger partial charge in [-0.2, -0.15) is 0 Å². The van der Waals surface area contributed by atoms with Gasteiger partial charge in [0.05, 0.1) is 18.6 Å². The van der Waals surface area contributed by atoms with Crippen LogP contribution in [0.2, 0.25) is 5.02 Å². The number of hydroxylamine groups is 2. The Morgan fingerprint density at radius 2 is 2.00 bits per heavy atom. The van der Waals surface area contributed by atoms with E-state index in [1.807, 2.05) is 38.1 Å². The van der Waals surface area contributed by atoms with E-state index >= 15 is 0 Å². The second-order valence-corrected chi connectivity index (χ2v) is 5.06. The van der Waals surface area contributed by atoms with Crippen LogP contribution in [0.3, 0.4) is 0 Å². The molecule has 1 aliphatic heterocycles. The zero-order valence-corrected chi connectivity index (χ0v) is 10.1. The lowest BCUT2D eigenvalue weighted by Crippen LogP contribution is -2.30. The van der Waals surface area contributed by atoms with Crippen molar-refractivity contribution in [2.75, 3.05) is 6.61 Å². The van der Waals surface area contributed by atoms with Gasteiger partial charge in [0, 0.05) is 5.02 Å². The molecule has 1 aliphatic rings. The molecular formula is C12H14ClNO2. The highest BCUT2D eigenvalue weighted by molar-refractivity contribution is 6.30. The number of nitrogens with zero attached hydrogens (tertiary/aromatic N) is 1. The Hall–Kier alpha value is -1.06. The van der Waals surface area contributed by atoms with E-state index in [4.69, 9.17) is 16.4 Å². The molecule has 1 heterocycles. The van der Waals surface area contributed by atoms with Gasteiger partial charge in [-0.3, -0.25) is 9.63 Å². The van der Waals surface area contributed by atoms with E-state index in [0.29, 0.717) is 18.2 Å². The van der Waals surface area contributed by atoms with Crippen LogP contribution >= 0.6 is 11.6 Å². The molecule has 0 aliphatic carbocycles. The minimum atomic E-state index is -0.410. The molecule has 4 heteroatoms. The molecule has 1 saturated heterocycles. The number of halogens is 1. The van der Waals surface area contributed by atoms with Gasteiger partial charge in [-0.05, 0) is 31.5 Å². The largest absolute Gasteiger partial charge is 0.272 e. The molecule has 16 heavy (non-hydrogen) atoms. The Labute approximate surface area is 99.9 Å². The van der Waals surface area contributed by atoms with Crippen LogP contribution in [-0.4, -0.2) is 17.6 Å². The van der Waals surface area contributed by atoms with Crippen molar-refractivity contribution < 1.29 is 9.63 Å². The zero-order valence-electron chi connectivity index (χ0n) is 9.37. The lowest BCUT2D eigenvalue weighted by molar-refractivity contribution is -0.165. The Kier molecular flexibility index (Phi) is 2.91. The molecule has 86 valence electrons. The number of amides is 1. The fraction of sp³-hybridized carbons (Fsp3) is 0.417. The third-order valence-electron chi connectivity index (χ3n) is 2.63.